The SMILES string of the molecule is COCCNCc1nccn1Cc1cn(C)nn1. The van der Waals surface area contributed by atoms with E-state index in [1.807, 2.05) is 19.4 Å². The normalized spacial score (nSPS) is 11.0. The van der Waals surface area contributed by atoms with Crippen LogP contribution in [-0.2, 0) is 24.9 Å². The smallest absolute Gasteiger partial charge is 0.123 e. The minimum Gasteiger partial charge on any atom is -0.383 e. The van der Waals surface area contributed by atoms with E-state index in [1.165, 1.54) is 0 Å². The molecule has 0 unspecified atom stereocenters. The molecule has 0 bridgehead atoms. The molecule has 0 amide bonds. The van der Waals surface area contributed by atoms with Crippen LogP contribution in [0.3, 0.4) is 0 Å². The fraction of sp³-hybridized carbons (Fsp3) is 0.545. The minimum atomic E-state index is 0.690. The number of methoxy groups -OCH3 is 1. The van der Waals surface area contributed by atoms with Crippen molar-refractivity contribution in [3.63, 3.8) is 0 Å². The molecule has 0 fully saturated rings. The summed E-state index contributed by atoms with van der Waals surface area (Å²) in [7, 11) is 3.55. The van der Waals surface area contributed by atoms with Crippen LogP contribution in [0.1, 0.15) is 11.5 Å². The highest BCUT2D eigenvalue weighted by Gasteiger charge is 2.05. The molecule has 0 spiro atoms. The van der Waals surface area contributed by atoms with Crippen molar-refractivity contribution in [2.75, 3.05) is 20.3 Å². The van der Waals surface area contributed by atoms with Crippen LogP contribution >= 0.6 is 0 Å². The lowest BCUT2D eigenvalue weighted by molar-refractivity contribution is 0.199. The first-order chi connectivity index (χ1) is 8.79. The number of ether oxygens (including phenoxy) is 1. The maximum absolute atomic E-state index is 4.98. The van der Waals surface area contributed by atoms with Crippen LogP contribution in [-0.4, -0.2) is 44.8 Å². The van der Waals surface area contributed by atoms with Gasteiger partial charge in [-0.1, -0.05) is 5.21 Å². The Morgan fingerprint density at radius 2 is 2.33 bits per heavy atom. The molecule has 0 atom stereocenters. The highest BCUT2D eigenvalue weighted by Crippen LogP contribution is 2.02. The molecule has 18 heavy (non-hydrogen) atoms. The predicted molar refractivity (Wildman–Crippen MR) is 65.9 cm³/mol. The van der Waals surface area contributed by atoms with Crippen LogP contribution in [0.25, 0.3) is 0 Å². The van der Waals surface area contributed by atoms with E-state index >= 15 is 0 Å². The van der Waals surface area contributed by atoms with Gasteiger partial charge in [0.05, 0.1) is 19.7 Å². The first-order valence-corrected chi connectivity index (χ1v) is 5.84. The Morgan fingerprint density at radius 3 is 3.06 bits per heavy atom. The van der Waals surface area contributed by atoms with Crippen molar-refractivity contribution in [2.24, 2.45) is 7.05 Å². The van der Waals surface area contributed by atoms with E-state index in [4.69, 9.17) is 4.74 Å². The molecule has 0 saturated heterocycles. The highest BCUT2D eigenvalue weighted by atomic mass is 16.5. The number of aromatic nitrogens is 5. The van der Waals surface area contributed by atoms with Crippen molar-refractivity contribution in [3.05, 3.63) is 30.1 Å². The van der Waals surface area contributed by atoms with Gasteiger partial charge in [0, 0.05) is 39.3 Å². The Kier molecular flexibility index (Phi) is 4.43. The average Bonchev–Trinajstić information content (AvgIpc) is 2.95. The summed E-state index contributed by atoms with van der Waals surface area (Å²) < 4.78 is 8.74. The third-order valence-electron chi connectivity index (χ3n) is 2.55. The van der Waals surface area contributed by atoms with Crippen LogP contribution in [0.5, 0.6) is 0 Å². The van der Waals surface area contributed by atoms with Crippen LogP contribution in [0.4, 0.5) is 0 Å². The minimum absolute atomic E-state index is 0.690. The van der Waals surface area contributed by atoms with Crippen molar-refractivity contribution in [3.8, 4) is 0 Å². The van der Waals surface area contributed by atoms with E-state index in [9.17, 15) is 0 Å². The third kappa shape index (κ3) is 3.38. The van der Waals surface area contributed by atoms with Gasteiger partial charge in [0.2, 0.25) is 0 Å². The van der Waals surface area contributed by atoms with Crippen molar-refractivity contribution in [1.82, 2.24) is 29.9 Å². The Bertz CT molecular complexity index is 477. The van der Waals surface area contributed by atoms with Gasteiger partial charge in [0.25, 0.3) is 0 Å². The van der Waals surface area contributed by atoms with E-state index in [0.717, 1.165) is 24.6 Å². The average molecular weight is 250 g/mol. The van der Waals surface area contributed by atoms with Crippen molar-refractivity contribution < 1.29 is 4.74 Å². The maximum Gasteiger partial charge on any atom is 0.123 e. The summed E-state index contributed by atoms with van der Waals surface area (Å²) in [6.07, 6.45) is 5.65. The zero-order chi connectivity index (χ0) is 12.8. The zero-order valence-corrected chi connectivity index (χ0v) is 10.7. The molecule has 98 valence electrons. The number of hydrogen-bond acceptors (Lipinski definition) is 5. The first kappa shape index (κ1) is 12.7. The fourth-order valence-electron chi connectivity index (χ4n) is 1.67. The Hall–Kier alpha value is -1.73. The molecule has 0 aliphatic heterocycles. The summed E-state index contributed by atoms with van der Waals surface area (Å²) in [5.41, 5.74) is 0.925. The predicted octanol–water partition coefficient (Wildman–Crippen LogP) is -0.204. The monoisotopic (exact) mass is 250 g/mol. The molecular weight excluding hydrogens is 232 g/mol. The van der Waals surface area contributed by atoms with Crippen LogP contribution in [0.2, 0.25) is 0 Å². The second kappa shape index (κ2) is 6.27. The molecule has 0 aliphatic rings. The van der Waals surface area contributed by atoms with Crippen molar-refractivity contribution >= 4 is 0 Å². The molecule has 1 N–H and O–H groups in total. The molecule has 7 heteroatoms. The van der Waals surface area contributed by atoms with Crippen LogP contribution in [0, 0.1) is 0 Å². The first-order valence-electron chi connectivity index (χ1n) is 5.84. The van der Waals surface area contributed by atoms with Gasteiger partial charge in [-0.25, -0.2) is 4.98 Å². The standard InChI is InChI=1S/C11H18N6O/c1-16-8-10(14-15-16)9-17-5-3-13-11(17)7-12-4-6-18-2/h3,5,8,12H,4,6-7,9H2,1-2H3. The van der Waals surface area contributed by atoms with E-state index in [2.05, 4.69) is 25.2 Å². The molecule has 0 saturated carbocycles. The van der Waals surface area contributed by atoms with Crippen LogP contribution in [0.15, 0.2) is 18.6 Å². The van der Waals surface area contributed by atoms with Gasteiger partial charge in [-0.2, -0.15) is 0 Å². The number of aryl methyl sites for hydroxylation is 1. The summed E-state index contributed by atoms with van der Waals surface area (Å²) in [6, 6.07) is 0. The third-order valence-corrected chi connectivity index (χ3v) is 2.55. The van der Waals surface area contributed by atoms with Crippen molar-refractivity contribution in [2.45, 2.75) is 13.1 Å². The summed E-state index contributed by atoms with van der Waals surface area (Å²) in [5, 5.41) is 11.3. The van der Waals surface area contributed by atoms with Gasteiger partial charge in [-0.3, -0.25) is 4.68 Å². The summed E-state index contributed by atoms with van der Waals surface area (Å²) >= 11 is 0. The molecule has 2 aromatic rings. The summed E-state index contributed by atoms with van der Waals surface area (Å²) in [6.45, 7) is 2.92. The molecule has 0 aliphatic carbocycles. The molecule has 7 nitrogen and oxygen atoms in total. The zero-order valence-electron chi connectivity index (χ0n) is 10.7. The van der Waals surface area contributed by atoms with Crippen molar-refractivity contribution in [1.29, 1.82) is 0 Å². The second-order valence-corrected chi connectivity index (χ2v) is 4.02. The van der Waals surface area contributed by atoms with Gasteiger partial charge in [-0.15, -0.1) is 5.10 Å². The number of nitrogens with zero attached hydrogens (tertiary/aromatic N) is 5. The molecule has 0 aromatic carbocycles. The maximum atomic E-state index is 4.98. The summed E-state index contributed by atoms with van der Waals surface area (Å²) in [5.74, 6) is 0.983. The lowest BCUT2D eigenvalue weighted by Crippen LogP contribution is -2.21. The summed E-state index contributed by atoms with van der Waals surface area (Å²) in [4.78, 5) is 4.32. The van der Waals surface area contributed by atoms with Crippen LogP contribution < -0.4 is 5.32 Å². The molecule has 2 heterocycles. The second-order valence-electron chi connectivity index (χ2n) is 4.02. The fourth-order valence-corrected chi connectivity index (χ4v) is 1.67. The molecular formula is C11H18N6O. The van der Waals surface area contributed by atoms with Gasteiger partial charge in [0.1, 0.15) is 11.5 Å². The molecule has 2 aromatic heterocycles. The lowest BCUT2D eigenvalue weighted by Gasteiger charge is -2.07. The number of nitrogens with one attached hydrogen (secondary N) is 1. The quantitative estimate of drug-likeness (QED) is 0.689. The van der Waals surface area contributed by atoms with Gasteiger partial charge in [-0.05, 0) is 0 Å². The topological polar surface area (TPSA) is 69.8 Å². The molecule has 2 rings (SSSR count). The Balaban J connectivity index is 1.91. The van der Waals surface area contributed by atoms with E-state index in [0.29, 0.717) is 13.2 Å². The Morgan fingerprint density at radius 1 is 1.44 bits per heavy atom. The van der Waals surface area contributed by atoms with Gasteiger partial charge in [0.15, 0.2) is 0 Å². The number of hydrogen-bond donors (Lipinski definition) is 1. The lowest BCUT2D eigenvalue weighted by atomic mass is 10.4. The number of rotatable bonds is 7. The Labute approximate surface area is 106 Å². The van der Waals surface area contributed by atoms with Gasteiger partial charge < -0.3 is 14.6 Å². The van der Waals surface area contributed by atoms with E-state index in [-0.39, 0.29) is 0 Å². The van der Waals surface area contributed by atoms with E-state index in [1.54, 1.807) is 18.0 Å². The largest absolute Gasteiger partial charge is 0.383 e. The van der Waals surface area contributed by atoms with E-state index < -0.39 is 0 Å². The number of imidazole rings is 1. The van der Waals surface area contributed by atoms with Gasteiger partial charge >= 0.3 is 0 Å². The molecule has 0 radical (unpaired) electrons. The highest BCUT2D eigenvalue weighted by molar-refractivity contribution is 4.99.